The number of anilines is 1. The fraction of sp³-hybridized carbons (Fsp3) is 0.538. The maximum Gasteiger partial charge on any atom is 0.150 e. The molecule has 2 nitrogen and oxygen atoms in total. The molecule has 1 atom stereocenters. The molecule has 0 radical (unpaired) electrons. The lowest BCUT2D eigenvalue weighted by molar-refractivity contribution is 0.314. The van der Waals surface area contributed by atoms with Crippen LogP contribution in [0.2, 0.25) is 0 Å². The molecular formula is C13H17BrF2N2. The fourth-order valence-corrected chi connectivity index (χ4v) is 2.68. The van der Waals surface area contributed by atoms with Gasteiger partial charge in [-0.1, -0.05) is 15.9 Å². The van der Waals surface area contributed by atoms with Crippen LogP contribution in [0.3, 0.4) is 0 Å². The number of halogens is 3. The maximum atomic E-state index is 14.0. The van der Waals surface area contributed by atoms with Crippen LogP contribution in [0, 0.1) is 11.6 Å². The molecule has 1 aromatic rings. The molecule has 1 aliphatic rings. The summed E-state index contributed by atoms with van der Waals surface area (Å²) in [6.07, 6.45) is 0. The summed E-state index contributed by atoms with van der Waals surface area (Å²) in [6.45, 7) is 7.30. The lowest BCUT2D eigenvalue weighted by atomic mass is 9.98. The second kappa shape index (κ2) is 4.78. The van der Waals surface area contributed by atoms with E-state index in [1.54, 1.807) is 4.90 Å². The molecule has 1 unspecified atom stereocenters. The van der Waals surface area contributed by atoms with E-state index in [0.29, 0.717) is 17.6 Å². The number of benzene rings is 1. The molecule has 1 saturated heterocycles. The second-order valence-corrected chi connectivity index (χ2v) is 6.38. The van der Waals surface area contributed by atoms with Gasteiger partial charge in [0.2, 0.25) is 0 Å². The predicted molar refractivity (Wildman–Crippen MR) is 72.9 cm³/mol. The van der Waals surface area contributed by atoms with Crippen molar-refractivity contribution in [2.45, 2.75) is 32.4 Å². The minimum Gasteiger partial charge on any atom is -0.361 e. The van der Waals surface area contributed by atoms with Gasteiger partial charge in [0.1, 0.15) is 5.69 Å². The first kappa shape index (κ1) is 13.7. The lowest BCUT2D eigenvalue weighted by Gasteiger charge is -2.44. The summed E-state index contributed by atoms with van der Waals surface area (Å²) in [5.74, 6) is -1.04. The molecule has 0 saturated carbocycles. The molecule has 0 bridgehead atoms. The van der Waals surface area contributed by atoms with Crippen molar-refractivity contribution in [2.75, 3.05) is 18.0 Å². The highest BCUT2D eigenvalue weighted by Crippen LogP contribution is 2.31. The molecule has 0 aromatic heterocycles. The first-order chi connectivity index (χ1) is 8.30. The van der Waals surface area contributed by atoms with E-state index in [9.17, 15) is 8.78 Å². The zero-order valence-electron chi connectivity index (χ0n) is 10.7. The molecule has 1 fully saturated rings. The third-order valence-electron chi connectivity index (χ3n) is 3.24. The van der Waals surface area contributed by atoms with E-state index in [4.69, 9.17) is 0 Å². The Morgan fingerprint density at radius 3 is 2.44 bits per heavy atom. The molecule has 18 heavy (non-hydrogen) atoms. The van der Waals surface area contributed by atoms with Gasteiger partial charge in [0.15, 0.2) is 11.6 Å². The summed E-state index contributed by atoms with van der Waals surface area (Å²) >= 11 is 3.10. The van der Waals surface area contributed by atoms with Crippen LogP contribution in [0.4, 0.5) is 14.5 Å². The quantitative estimate of drug-likeness (QED) is 0.854. The fourth-order valence-electron chi connectivity index (χ4n) is 2.28. The molecule has 0 amide bonds. The second-order valence-electron chi connectivity index (χ2n) is 5.46. The van der Waals surface area contributed by atoms with Crippen LogP contribution in [0.5, 0.6) is 0 Å². The Balaban J connectivity index is 2.41. The van der Waals surface area contributed by atoms with Crippen LogP contribution < -0.4 is 10.2 Å². The third-order valence-corrected chi connectivity index (χ3v) is 3.70. The van der Waals surface area contributed by atoms with Crippen LogP contribution in [0.15, 0.2) is 16.6 Å². The van der Waals surface area contributed by atoms with Crippen LogP contribution in [-0.2, 0) is 0 Å². The number of hydrogen-bond donors (Lipinski definition) is 1. The summed E-state index contributed by atoms with van der Waals surface area (Å²) in [5.41, 5.74) is -0.0846. The predicted octanol–water partition coefficient (Wildman–Crippen LogP) is 3.30. The van der Waals surface area contributed by atoms with E-state index in [1.165, 1.54) is 12.1 Å². The summed E-state index contributed by atoms with van der Waals surface area (Å²) in [4.78, 5) is 1.80. The highest BCUT2D eigenvalue weighted by atomic mass is 79.9. The van der Waals surface area contributed by atoms with Crippen LogP contribution in [0.25, 0.3) is 0 Å². The Morgan fingerprint density at radius 2 is 1.89 bits per heavy atom. The van der Waals surface area contributed by atoms with Crippen molar-refractivity contribution in [3.8, 4) is 0 Å². The minimum absolute atomic E-state index is 0.0585. The molecule has 1 N–H and O–H groups in total. The van der Waals surface area contributed by atoms with E-state index in [0.717, 1.165) is 0 Å². The number of rotatable bonds is 1. The SMILES string of the molecule is CC1CNC(C)(C)CN1c1c(F)cc(Br)cc1F. The van der Waals surface area contributed by atoms with Gasteiger partial charge in [0, 0.05) is 29.1 Å². The third kappa shape index (κ3) is 2.67. The van der Waals surface area contributed by atoms with Gasteiger partial charge < -0.3 is 10.2 Å². The summed E-state index contributed by atoms with van der Waals surface area (Å²) in [5, 5.41) is 3.36. The van der Waals surface area contributed by atoms with Gasteiger partial charge >= 0.3 is 0 Å². The molecule has 1 aromatic carbocycles. The van der Waals surface area contributed by atoms with Crippen LogP contribution in [-0.4, -0.2) is 24.7 Å². The Bertz CT molecular complexity index is 439. The van der Waals surface area contributed by atoms with Crippen molar-refractivity contribution in [3.05, 3.63) is 28.2 Å². The number of nitrogens with one attached hydrogen (secondary N) is 1. The summed E-state index contributed by atoms with van der Waals surface area (Å²) < 4.78 is 28.4. The van der Waals surface area contributed by atoms with E-state index >= 15 is 0 Å². The van der Waals surface area contributed by atoms with Gasteiger partial charge in [-0.2, -0.15) is 0 Å². The highest BCUT2D eigenvalue weighted by molar-refractivity contribution is 9.10. The first-order valence-electron chi connectivity index (χ1n) is 5.96. The smallest absolute Gasteiger partial charge is 0.150 e. The van der Waals surface area contributed by atoms with Gasteiger partial charge in [-0.25, -0.2) is 8.78 Å². The lowest BCUT2D eigenvalue weighted by Crippen LogP contribution is -2.61. The van der Waals surface area contributed by atoms with Crippen molar-refractivity contribution in [1.82, 2.24) is 5.32 Å². The number of piperazine rings is 1. The monoisotopic (exact) mass is 318 g/mol. The van der Waals surface area contributed by atoms with Crippen LogP contribution >= 0.6 is 15.9 Å². The molecular weight excluding hydrogens is 302 g/mol. The molecule has 1 aliphatic heterocycles. The van der Waals surface area contributed by atoms with Crippen molar-refractivity contribution < 1.29 is 8.78 Å². The van der Waals surface area contributed by atoms with E-state index in [-0.39, 0.29) is 17.3 Å². The molecule has 2 rings (SSSR count). The largest absolute Gasteiger partial charge is 0.361 e. The summed E-state index contributed by atoms with van der Waals surface area (Å²) in [7, 11) is 0. The maximum absolute atomic E-state index is 14.0. The van der Waals surface area contributed by atoms with Gasteiger partial charge in [0.05, 0.1) is 0 Å². The topological polar surface area (TPSA) is 15.3 Å². The molecule has 100 valence electrons. The first-order valence-corrected chi connectivity index (χ1v) is 6.76. The molecule has 1 heterocycles. The normalized spacial score (nSPS) is 23.2. The number of hydrogen-bond acceptors (Lipinski definition) is 2. The Morgan fingerprint density at radius 1 is 1.33 bits per heavy atom. The van der Waals surface area contributed by atoms with Gasteiger partial charge in [0.25, 0.3) is 0 Å². The zero-order valence-corrected chi connectivity index (χ0v) is 12.3. The van der Waals surface area contributed by atoms with E-state index in [1.807, 2.05) is 20.8 Å². The Labute approximate surface area is 114 Å². The van der Waals surface area contributed by atoms with Crippen molar-refractivity contribution in [3.63, 3.8) is 0 Å². The average Bonchev–Trinajstić information content (AvgIpc) is 2.21. The van der Waals surface area contributed by atoms with Crippen molar-refractivity contribution in [1.29, 1.82) is 0 Å². The van der Waals surface area contributed by atoms with Crippen molar-refractivity contribution >= 4 is 21.6 Å². The zero-order chi connectivity index (χ0) is 13.5. The van der Waals surface area contributed by atoms with E-state index in [2.05, 4.69) is 21.2 Å². The van der Waals surface area contributed by atoms with Crippen molar-refractivity contribution in [2.24, 2.45) is 0 Å². The Kier molecular flexibility index (Phi) is 3.65. The molecule has 0 aliphatic carbocycles. The van der Waals surface area contributed by atoms with Gasteiger partial charge in [-0.3, -0.25) is 0 Å². The standard InChI is InChI=1S/C13H17BrF2N2/c1-8-6-17-13(2,3)7-18(8)12-10(15)4-9(14)5-11(12)16/h4-5,8,17H,6-7H2,1-3H3. The van der Waals surface area contributed by atoms with Crippen LogP contribution in [0.1, 0.15) is 20.8 Å². The highest BCUT2D eigenvalue weighted by Gasteiger charge is 2.33. The number of nitrogens with zero attached hydrogens (tertiary/aromatic N) is 1. The molecule has 5 heteroatoms. The van der Waals surface area contributed by atoms with E-state index < -0.39 is 11.6 Å². The minimum atomic E-state index is -0.522. The van der Waals surface area contributed by atoms with Gasteiger partial charge in [-0.05, 0) is 32.9 Å². The Hall–Kier alpha value is -0.680. The molecule has 0 spiro atoms. The van der Waals surface area contributed by atoms with Gasteiger partial charge in [-0.15, -0.1) is 0 Å². The summed E-state index contributed by atoms with van der Waals surface area (Å²) in [6, 6.07) is 2.67. The average molecular weight is 319 g/mol.